The van der Waals surface area contributed by atoms with Gasteiger partial charge in [0.05, 0.1) is 5.41 Å². The number of carbonyl (C=O) groups is 1. The van der Waals surface area contributed by atoms with Gasteiger partial charge in [0, 0.05) is 6.54 Å². The van der Waals surface area contributed by atoms with Gasteiger partial charge in [-0.1, -0.05) is 62.9 Å². The topological polar surface area (TPSA) is 32.3 Å². The lowest BCUT2D eigenvalue weighted by atomic mass is 9.93. The molecule has 1 N–H and O–H groups in total. The number of halogens is 3. The van der Waals surface area contributed by atoms with Crippen LogP contribution in [-0.4, -0.2) is 23.6 Å². The zero-order valence-electron chi connectivity index (χ0n) is 18.0. The quantitative estimate of drug-likeness (QED) is 0.506. The number of nitrogens with zero attached hydrogens (tertiary/aromatic N) is 1. The van der Waals surface area contributed by atoms with Crippen molar-refractivity contribution in [3.8, 4) is 0 Å². The molecule has 2 aromatic rings. The van der Waals surface area contributed by atoms with Crippen molar-refractivity contribution in [1.29, 1.82) is 0 Å². The van der Waals surface area contributed by atoms with Crippen molar-refractivity contribution < 1.29 is 18.0 Å². The highest BCUT2D eigenvalue weighted by Crippen LogP contribution is 2.41. The van der Waals surface area contributed by atoms with E-state index < -0.39 is 17.6 Å². The van der Waals surface area contributed by atoms with Gasteiger partial charge in [-0.25, -0.2) is 5.01 Å². The van der Waals surface area contributed by atoms with Gasteiger partial charge in [0.15, 0.2) is 0 Å². The summed E-state index contributed by atoms with van der Waals surface area (Å²) in [6.07, 6.45) is 2.09. The Balaban J connectivity index is 1.91. The summed E-state index contributed by atoms with van der Waals surface area (Å²) >= 11 is 0. The summed E-state index contributed by atoms with van der Waals surface area (Å²) < 4.78 is 42.2. The standard InChI is InChI=1S/C24H31F3N2O/c1-4-5-6-7-8-10-17-11-9-12-18-13-14-19(15-20(17)18)21(24(25,26)27)29-16-23(2,3)22(30)28-29/h9,11-15,21H,4-8,10,16H2,1-3H3,(H,28,30)/t21-/m0/s1. The Morgan fingerprint density at radius 2 is 1.83 bits per heavy atom. The molecule has 3 nitrogen and oxygen atoms in total. The van der Waals surface area contributed by atoms with Crippen LogP contribution in [0.4, 0.5) is 13.2 Å². The molecule has 0 spiro atoms. The third kappa shape index (κ3) is 4.97. The molecule has 6 heteroatoms. The van der Waals surface area contributed by atoms with E-state index in [2.05, 4.69) is 12.3 Å². The minimum atomic E-state index is -4.50. The summed E-state index contributed by atoms with van der Waals surface area (Å²) in [7, 11) is 0. The number of hydrazine groups is 1. The van der Waals surface area contributed by atoms with E-state index >= 15 is 0 Å². The molecule has 1 saturated heterocycles. The summed E-state index contributed by atoms with van der Waals surface area (Å²) in [6, 6.07) is 8.99. The number of carbonyl (C=O) groups excluding carboxylic acids is 1. The van der Waals surface area contributed by atoms with Crippen molar-refractivity contribution in [3.63, 3.8) is 0 Å². The van der Waals surface area contributed by atoms with Crippen molar-refractivity contribution >= 4 is 16.7 Å². The number of hydrogen-bond donors (Lipinski definition) is 1. The molecular weight excluding hydrogens is 389 g/mol. The Bertz CT molecular complexity index is 892. The van der Waals surface area contributed by atoms with Gasteiger partial charge in [-0.3, -0.25) is 10.2 Å². The molecule has 3 rings (SSSR count). The predicted molar refractivity (Wildman–Crippen MR) is 114 cm³/mol. The van der Waals surface area contributed by atoms with Gasteiger partial charge in [0.1, 0.15) is 6.04 Å². The van der Waals surface area contributed by atoms with Crippen molar-refractivity contribution in [2.75, 3.05) is 6.54 Å². The zero-order valence-corrected chi connectivity index (χ0v) is 18.0. The normalized spacial score (nSPS) is 18.0. The lowest BCUT2D eigenvalue weighted by molar-refractivity contribution is -0.191. The third-order valence-corrected chi connectivity index (χ3v) is 5.91. The van der Waals surface area contributed by atoms with E-state index in [0.29, 0.717) is 0 Å². The molecular formula is C24H31F3N2O. The van der Waals surface area contributed by atoms with E-state index in [-0.39, 0.29) is 18.0 Å². The molecule has 164 valence electrons. The van der Waals surface area contributed by atoms with Gasteiger partial charge in [-0.05, 0) is 54.7 Å². The van der Waals surface area contributed by atoms with Crippen LogP contribution in [0.1, 0.15) is 70.0 Å². The number of amides is 1. The highest BCUT2D eigenvalue weighted by molar-refractivity contribution is 5.87. The molecule has 1 aliphatic heterocycles. The fraction of sp³-hybridized carbons (Fsp3) is 0.542. The number of aryl methyl sites for hydroxylation is 1. The van der Waals surface area contributed by atoms with E-state index in [1.165, 1.54) is 25.3 Å². The lowest BCUT2D eigenvalue weighted by Gasteiger charge is -2.30. The van der Waals surface area contributed by atoms with Gasteiger partial charge >= 0.3 is 6.18 Å². The molecule has 0 unspecified atom stereocenters. The van der Waals surface area contributed by atoms with Gasteiger partial charge < -0.3 is 0 Å². The zero-order chi connectivity index (χ0) is 21.9. The first-order valence-corrected chi connectivity index (χ1v) is 10.8. The lowest BCUT2D eigenvalue weighted by Crippen LogP contribution is -2.43. The van der Waals surface area contributed by atoms with Crippen LogP contribution in [-0.2, 0) is 11.2 Å². The number of alkyl halides is 3. The molecule has 1 aliphatic rings. The van der Waals surface area contributed by atoms with Crippen molar-refractivity contribution in [1.82, 2.24) is 10.4 Å². The second-order valence-corrected chi connectivity index (χ2v) is 8.96. The minimum Gasteiger partial charge on any atom is -0.287 e. The highest BCUT2D eigenvalue weighted by Gasteiger charge is 2.51. The molecule has 0 radical (unpaired) electrons. The first-order valence-electron chi connectivity index (χ1n) is 10.8. The molecule has 30 heavy (non-hydrogen) atoms. The second-order valence-electron chi connectivity index (χ2n) is 8.96. The smallest absolute Gasteiger partial charge is 0.287 e. The van der Waals surface area contributed by atoms with E-state index in [9.17, 15) is 18.0 Å². The first kappa shape index (κ1) is 22.6. The molecule has 1 heterocycles. The molecule has 2 aromatic carbocycles. The summed E-state index contributed by atoms with van der Waals surface area (Å²) in [6.45, 7) is 5.50. The Morgan fingerprint density at radius 3 is 2.47 bits per heavy atom. The third-order valence-electron chi connectivity index (χ3n) is 5.91. The van der Waals surface area contributed by atoms with Crippen molar-refractivity contribution in [3.05, 3.63) is 47.5 Å². The van der Waals surface area contributed by atoms with Crippen LogP contribution in [0.2, 0.25) is 0 Å². The van der Waals surface area contributed by atoms with Gasteiger partial charge in [-0.15, -0.1) is 0 Å². The molecule has 0 saturated carbocycles. The first-order chi connectivity index (χ1) is 14.1. The van der Waals surface area contributed by atoms with Crippen LogP contribution in [0.5, 0.6) is 0 Å². The maximum atomic E-state index is 14.1. The van der Waals surface area contributed by atoms with E-state index in [1.54, 1.807) is 26.0 Å². The maximum Gasteiger partial charge on any atom is 0.409 e. The van der Waals surface area contributed by atoms with Crippen LogP contribution in [0.3, 0.4) is 0 Å². The number of rotatable bonds is 8. The molecule has 0 aliphatic carbocycles. The van der Waals surface area contributed by atoms with Crippen molar-refractivity contribution in [2.24, 2.45) is 5.41 Å². The Morgan fingerprint density at radius 1 is 1.10 bits per heavy atom. The highest BCUT2D eigenvalue weighted by atomic mass is 19.4. The molecule has 0 aromatic heterocycles. The summed E-state index contributed by atoms with van der Waals surface area (Å²) in [5.41, 5.74) is 2.82. The number of nitrogens with one attached hydrogen (secondary N) is 1. The van der Waals surface area contributed by atoms with E-state index in [4.69, 9.17) is 0 Å². The van der Waals surface area contributed by atoms with Gasteiger partial charge in [0.25, 0.3) is 0 Å². The molecule has 1 amide bonds. The maximum absolute atomic E-state index is 14.1. The Hall–Kier alpha value is -2.08. The number of unbranched alkanes of at least 4 members (excludes halogenated alkanes) is 4. The fourth-order valence-corrected chi connectivity index (χ4v) is 4.18. The summed E-state index contributed by atoms with van der Waals surface area (Å²) in [5.74, 6) is -0.384. The van der Waals surface area contributed by atoms with E-state index in [1.807, 2.05) is 18.2 Å². The minimum absolute atomic E-state index is 0.00707. The van der Waals surface area contributed by atoms with E-state index in [0.717, 1.165) is 40.6 Å². The number of fused-ring (bicyclic) bond motifs is 1. The molecule has 1 atom stereocenters. The Labute approximate surface area is 176 Å². The number of hydrogen-bond acceptors (Lipinski definition) is 2. The predicted octanol–water partition coefficient (Wildman–Crippen LogP) is 6.33. The van der Waals surface area contributed by atoms with Crippen LogP contribution >= 0.6 is 0 Å². The SMILES string of the molecule is CCCCCCCc1cccc2ccc([C@H](N3CC(C)(C)C(=O)N3)C(F)(F)F)cc12. The van der Waals surface area contributed by atoms with Crippen LogP contribution < -0.4 is 5.43 Å². The average molecular weight is 421 g/mol. The second kappa shape index (κ2) is 8.96. The van der Waals surface area contributed by atoms with Crippen LogP contribution in [0, 0.1) is 5.41 Å². The Kier molecular flexibility index (Phi) is 6.75. The average Bonchev–Trinajstić information content (AvgIpc) is 2.92. The van der Waals surface area contributed by atoms with Crippen molar-refractivity contribution in [2.45, 2.75) is 71.5 Å². The number of benzene rings is 2. The fourth-order valence-electron chi connectivity index (χ4n) is 4.18. The van der Waals surface area contributed by atoms with Crippen LogP contribution in [0.15, 0.2) is 36.4 Å². The monoisotopic (exact) mass is 420 g/mol. The molecule has 1 fully saturated rings. The van der Waals surface area contributed by atoms with Gasteiger partial charge in [-0.2, -0.15) is 13.2 Å². The van der Waals surface area contributed by atoms with Gasteiger partial charge in [0.2, 0.25) is 5.91 Å². The summed E-state index contributed by atoms with van der Waals surface area (Å²) in [5, 5.41) is 2.85. The van der Waals surface area contributed by atoms with Crippen LogP contribution in [0.25, 0.3) is 10.8 Å². The summed E-state index contributed by atoms with van der Waals surface area (Å²) in [4.78, 5) is 12.1. The molecule has 0 bridgehead atoms. The largest absolute Gasteiger partial charge is 0.409 e.